The number of piperidine rings is 1. The zero-order chi connectivity index (χ0) is 20.3. The number of alkyl halides is 1. The molecule has 5 nitrogen and oxygen atoms in total. The minimum atomic E-state index is -4.09. The van der Waals surface area contributed by atoms with E-state index in [-0.39, 0.29) is 16.9 Å². The molecule has 2 aromatic carbocycles. The Balaban J connectivity index is 1.29. The summed E-state index contributed by atoms with van der Waals surface area (Å²) in [5.41, 5.74) is -0.128. The van der Waals surface area contributed by atoms with Crippen molar-refractivity contribution in [3.63, 3.8) is 0 Å². The molecule has 1 saturated heterocycles. The highest BCUT2D eigenvalue weighted by atomic mass is 32.2. The van der Waals surface area contributed by atoms with Gasteiger partial charge in [0.05, 0.1) is 10.2 Å². The van der Waals surface area contributed by atoms with Crippen LogP contribution in [0.3, 0.4) is 0 Å². The quantitative estimate of drug-likeness (QED) is 0.617. The van der Waals surface area contributed by atoms with Gasteiger partial charge >= 0.3 is 0 Å². The summed E-state index contributed by atoms with van der Waals surface area (Å²) in [5, 5.41) is 3.11. The van der Waals surface area contributed by atoms with E-state index in [4.69, 9.17) is 0 Å². The first-order valence-corrected chi connectivity index (χ1v) is 12.1. The number of aromatic nitrogens is 1. The van der Waals surface area contributed by atoms with E-state index in [0.717, 1.165) is 48.5 Å². The summed E-state index contributed by atoms with van der Waals surface area (Å²) in [6.45, 7) is 2.52. The first-order chi connectivity index (χ1) is 14.0. The normalized spacial score (nSPS) is 17.6. The summed E-state index contributed by atoms with van der Waals surface area (Å²) in [6, 6.07) is 17.6. The largest absolute Gasteiger partial charge is 0.310 e. The summed E-state index contributed by atoms with van der Waals surface area (Å²) < 4.78 is 40.3. The molecule has 0 radical (unpaired) electrons. The fourth-order valence-electron chi connectivity index (χ4n) is 3.59. The van der Waals surface area contributed by atoms with Gasteiger partial charge in [-0.3, -0.25) is 4.90 Å². The van der Waals surface area contributed by atoms with Crippen molar-refractivity contribution >= 4 is 31.4 Å². The summed E-state index contributed by atoms with van der Waals surface area (Å²) in [5.74, 6) is 0. The van der Waals surface area contributed by atoms with Gasteiger partial charge in [0.25, 0.3) is 0 Å². The molecule has 1 N–H and O–H groups in total. The Kier molecular flexibility index (Phi) is 6.24. The lowest BCUT2D eigenvalue weighted by molar-refractivity contribution is 0.188. The predicted octanol–water partition coefficient (Wildman–Crippen LogP) is 3.62. The Morgan fingerprint density at radius 3 is 2.52 bits per heavy atom. The number of rotatable bonds is 7. The maximum atomic E-state index is 14.6. The van der Waals surface area contributed by atoms with Crippen molar-refractivity contribution in [2.75, 3.05) is 19.6 Å². The van der Waals surface area contributed by atoms with Crippen LogP contribution in [0.2, 0.25) is 0 Å². The van der Waals surface area contributed by atoms with Crippen LogP contribution >= 0.6 is 11.3 Å². The Labute approximate surface area is 174 Å². The molecule has 1 unspecified atom stereocenters. The van der Waals surface area contributed by atoms with Gasteiger partial charge in [-0.15, -0.1) is 11.3 Å². The van der Waals surface area contributed by atoms with Gasteiger partial charge < -0.3 is 5.32 Å². The fourth-order valence-corrected chi connectivity index (χ4v) is 6.09. The van der Waals surface area contributed by atoms with Crippen molar-refractivity contribution in [1.82, 2.24) is 15.2 Å². The maximum Gasteiger partial charge on any atom is 0.238 e. The van der Waals surface area contributed by atoms with E-state index in [2.05, 4.69) is 27.3 Å². The molecule has 0 spiro atoms. The van der Waals surface area contributed by atoms with E-state index in [1.807, 2.05) is 24.3 Å². The molecule has 29 heavy (non-hydrogen) atoms. The van der Waals surface area contributed by atoms with Gasteiger partial charge in [-0.1, -0.05) is 42.5 Å². The number of sulfone groups is 1. The number of benzene rings is 2. The lowest BCUT2D eigenvalue weighted by atomic mass is 10.0. The van der Waals surface area contributed by atoms with Crippen molar-refractivity contribution < 1.29 is 12.8 Å². The van der Waals surface area contributed by atoms with Gasteiger partial charge in [0, 0.05) is 19.1 Å². The molecule has 8 heteroatoms. The molecule has 2 heterocycles. The number of nitrogens with one attached hydrogen (secondary N) is 1. The van der Waals surface area contributed by atoms with Gasteiger partial charge in [-0.05, 0) is 43.6 Å². The topological polar surface area (TPSA) is 62.3 Å². The summed E-state index contributed by atoms with van der Waals surface area (Å²) in [6.07, 6.45) is 1.75. The first-order valence-electron chi connectivity index (χ1n) is 9.75. The lowest BCUT2D eigenvalue weighted by Crippen LogP contribution is -2.44. The number of hydrogen-bond donors (Lipinski definition) is 1. The average Bonchev–Trinajstić information content (AvgIpc) is 3.19. The minimum Gasteiger partial charge on any atom is -0.310 e. The van der Waals surface area contributed by atoms with Crippen LogP contribution in [0.25, 0.3) is 10.2 Å². The second-order valence-corrected chi connectivity index (χ2v) is 10.6. The molecule has 1 fully saturated rings. The number of thiazole rings is 1. The van der Waals surface area contributed by atoms with Crippen LogP contribution < -0.4 is 5.32 Å². The second kappa shape index (κ2) is 8.87. The number of fused-ring (bicyclic) bond motifs is 1. The third kappa shape index (κ3) is 4.83. The number of likely N-dealkylation sites (tertiary alicyclic amines) is 1. The summed E-state index contributed by atoms with van der Waals surface area (Å²) >= 11 is 1.02. The van der Waals surface area contributed by atoms with Crippen molar-refractivity contribution in [2.45, 2.75) is 35.3 Å². The SMILES string of the molecule is O=S(=O)(c1nc2ccccc2s1)C(F)CNC1CCN(Cc2ccccc2)CC1. The molecule has 1 aliphatic rings. The summed E-state index contributed by atoms with van der Waals surface area (Å²) in [4.78, 5) is 6.48. The van der Waals surface area contributed by atoms with Crippen LogP contribution in [0.5, 0.6) is 0 Å². The minimum absolute atomic E-state index is 0.130. The number of para-hydroxylation sites is 1. The van der Waals surface area contributed by atoms with Crippen LogP contribution in [0.4, 0.5) is 4.39 Å². The average molecular weight is 434 g/mol. The van der Waals surface area contributed by atoms with Crippen molar-refractivity contribution in [2.24, 2.45) is 0 Å². The molecule has 4 rings (SSSR count). The van der Waals surface area contributed by atoms with E-state index in [1.54, 1.807) is 18.2 Å². The molecule has 0 bridgehead atoms. The predicted molar refractivity (Wildman–Crippen MR) is 114 cm³/mol. The van der Waals surface area contributed by atoms with Crippen LogP contribution in [0.15, 0.2) is 58.9 Å². The van der Waals surface area contributed by atoms with E-state index in [1.165, 1.54) is 5.56 Å². The van der Waals surface area contributed by atoms with E-state index < -0.39 is 15.3 Å². The van der Waals surface area contributed by atoms with Gasteiger partial charge in [-0.25, -0.2) is 17.8 Å². The van der Waals surface area contributed by atoms with Gasteiger partial charge in [0.1, 0.15) is 0 Å². The Morgan fingerprint density at radius 1 is 1.10 bits per heavy atom. The van der Waals surface area contributed by atoms with E-state index in [0.29, 0.717) is 5.52 Å². The second-order valence-electron chi connectivity index (χ2n) is 7.35. The third-order valence-corrected chi connectivity index (χ3v) is 8.45. The van der Waals surface area contributed by atoms with E-state index >= 15 is 0 Å². The van der Waals surface area contributed by atoms with Gasteiger partial charge in [-0.2, -0.15) is 0 Å². The zero-order valence-electron chi connectivity index (χ0n) is 16.0. The highest BCUT2D eigenvalue weighted by Crippen LogP contribution is 2.28. The van der Waals surface area contributed by atoms with E-state index in [9.17, 15) is 12.8 Å². The molecule has 3 aromatic rings. The molecular formula is C21H24FN3O2S2. The molecule has 1 aliphatic heterocycles. The Bertz CT molecular complexity index is 1010. The standard InChI is InChI=1S/C21H24FN3O2S2/c22-20(29(26,27)21-24-18-8-4-5-9-19(18)28-21)14-23-17-10-12-25(13-11-17)15-16-6-2-1-3-7-16/h1-9,17,20,23H,10-15H2. The lowest BCUT2D eigenvalue weighted by Gasteiger charge is -2.32. The molecule has 1 atom stereocenters. The summed E-state index contributed by atoms with van der Waals surface area (Å²) in [7, 11) is -4.09. The molecule has 0 amide bonds. The zero-order valence-corrected chi connectivity index (χ0v) is 17.6. The Hall–Kier alpha value is -1.87. The molecule has 0 saturated carbocycles. The van der Waals surface area contributed by atoms with Crippen LogP contribution in [-0.2, 0) is 16.4 Å². The van der Waals surface area contributed by atoms with Crippen LogP contribution in [-0.4, -0.2) is 49.5 Å². The fraction of sp³-hybridized carbons (Fsp3) is 0.381. The first kappa shape index (κ1) is 20.4. The molecule has 1 aromatic heterocycles. The smallest absolute Gasteiger partial charge is 0.238 e. The van der Waals surface area contributed by atoms with Gasteiger partial charge in [0.15, 0.2) is 0 Å². The number of nitrogens with zero attached hydrogens (tertiary/aromatic N) is 2. The molecule has 0 aliphatic carbocycles. The van der Waals surface area contributed by atoms with Crippen LogP contribution in [0.1, 0.15) is 18.4 Å². The maximum absolute atomic E-state index is 14.6. The number of halogens is 1. The number of hydrogen-bond acceptors (Lipinski definition) is 6. The van der Waals surface area contributed by atoms with Crippen LogP contribution in [0, 0.1) is 0 Å². The van der Waals surface area contributed by atoms with Crippen molar-refractivity contribution in [3.8, 4) is 0 Å². The highest BCUT2D eigenvalue weighted by molar-refractivity contribution is 7.93. The third-order valence-electron chi connectivity index (χ3n) is 5.26. The van der Waals surface area contributed by atoms with Crippen molar-refractivity contribution in [3.05, 3.63) is 60.2 Å². The molecule has 154 valence electrons. The monoisotopic (exact) mass is 433 g/mol. The van der Waals surface area contributed by atoms with Crippen molar-refractivity contribution in [1.29, 1.82) is 0 Å². The highest BCUT2D eigenvalue weighted by Gasteiger charge is 2.31. The Morgan fingerprint density at radius 2 is 1.79 bits per heavy atom. The van der Waals surface area contributed by atoms with Gasteiger partial charge in [0.2, 0.25) is 19.7 Å². The molecular weight excluding hydrogens is 409 g/mol.